The molecule has 1 aliphatic heterocycles. The van der Waals surface area contributed by atoms with Crippen molar-refractivity contribution in [1.29, 1.82) is 10.8 Å². The van der Waals surface area contributed by atoms with E-state index < -0.39 is 11.7 Å². The lowest BCUT2D eigenvalue weighted by Crippen LogP contribution is -2.32. The van der Waals surface area contributed by atoms with Crippen LogP contribution in [0.3, 0.4) is 0 Å². The molecule has 0 saturated carbocycles. The standard InChI is InChI=1S/C17H25FN5OPS/c1-11(2)24-16-7-12(14(20)8-13(16)18)17(21)15(22-10-19)9-25-23-3-5-26-6-4-23/h8-12,19,21H,3-7,20H2,1-2H3. The van der Waals surface area contributed by atoms with Gasteiger partial charge in [-0.25, -0.2) is 9.38 Å². The monoisotopic (exact) mass is 397 g/mol. The lowest BCUT2D eigenvalue weighted by molar-refractivity contribution is 0.129. The highest BCUT2D eigenvalue weighted by Gasteiger charge is 2.29. The molecular formula is C17H25FN5OPS. The minimum absolute atomic E-state index is 0.157. The molecule has 1 atom stereocenters. The molecule has 9 heteroatoms. The molecule has 1 unspecified atom stereocenters. The summed E-state index contributed by atoms with van der Waals surface area (Å²) in [5, 5.41) is 15.8. The number of hydrogen-bond donors (Lipinski definition) is 3. The molecule has 2 aliphatic rings. The van der Waals surface area contributed by atoms with Gasteiger partial charge in [-0.3, -0.25) is 10.1 Å². The summed E-state index contributed by atoms with van der Waals surface area (Å²) < 4.78 is 21.9. The molecule has 1 saturated heterocycles. The minimum Gasteiger partial charge on any atom is -0.492 e. The van der Waals surface area contributed by atoms with Crippen LogP contribution in [-0.4, -0.2) is 58.9 Å². The molecule has 0 aromatic rings. The molecule has 0 aromatic heterocycles. The van der Waals surface area contributed by atoms with Crippen LogP contribution in [0.1, 0.15) is 20.3 Å². The Bertz CT molecular complexity index is 668. The van der Waals surface area contributed by atoms with Crippen LogP contribution in [-0.2, 0) is 4.74 Å². The topological polar surface area (TPSA) is 98.6 Å². The quantitative estimate of drug-likeness (QED) is 0.349. The number of halogens is 1. The largest absolute Gasteiger partial charge is 0.492 e. The van der Waals surface area contributed by atoms with Crippen molar-refractivity contribution in [3.63, 3.8) is 0 Å². The summed E-state index contributed by atoms with van der Waals surface area (Å²) in [6, 6.07) is 0. The summed E-state index contributed by atoms with van der Waals surface area (Å²) in [7, 11) is 0.946. The Morgan fingerprint density at radius 1 is 1.50 bits per heavy atom. The van der Waals surface area contributed by atoms with Crippen LogP contribution in [0.15, 0.2) is 28.4 Å². The van der Waals surface area contributed by atoms with E-state index in [1.807, 2.05) is 31.4 Å². The van der Waals surface area contributed by atoms with Crippen molar-refractivity contribution >= 4 is 43.7 Å². The Morgan fingerprint density at radius 3 is 2.81 bits per heavy atom. The molecule has 1 aliphatic carbocycles. The maximum atomic E-state index is 14.1. The van der Waals surface area contributed by atoms with Crippen LogP contribution in [0.5, 0.6) is 0 Å². The van der Waals surface area contributed by atoms with Crippen molar-refractivity contribution in [1.82, 2.24) is 4.67 Å². The summed E-state index contributed by atoms with van der Waals surface area (Å²) in [6.07, 6.45) is 2.18. The molecule has 0 radical (unpaired) electrons. The van der Waals surface area contributed by atoms with Gasteiger partial charge in [-0.15, -0.1) is 0 Å². The normalized spacial score (nSPS) is 22.7. The molecule has 6 nitrogen and oxygen atoms in total. The second-order valence-corrected chi connectivity index (χ2v) is 8.49. The second kappa shape index (κ2) is 10.00. The van der Waals surface area contributed by atoms with Gasteiger partial charge in [-0.1, -0.05) is 0 Å². The van der Waals surface area contributed by atoms with Gasteiger partial charge in [0.25, 0.3) is 0 Å². The SMILES string of the molecule is CC(C)OC1=C(F)C=C(N)C(C(=N)C(C=PN2CCSCC2)=NC=N)C1. The molecule has 0 aromatic carbocycles. The maximum absolute atomic E-state index is 14.1. The molecule has 1 heterocycles. The van der Waals surface area contributed by atoms with Gasteiger partial charge < -0.3 is 15.9 Å². The summed E-state index contributed by atoms with van der Waals surface area (Å²) in [5.74, 6) is 3.22. The van der Waals surface area contributed by atoms with E-state index in [1.54, 1.807) is 0 Å². The van der Waals surface area contributed by atoms with Crippen molar-refractivity contribution < 1.29 is 9.13 Å². The summed E-state index contributed by atoms with van der Waals surface area (Å²) in [6.45, 7) is 5.63. The summed E-state index contributed by atoms with van der Waals surface area (Å²) in [4.78, 5) is 4.03. The Kier molecular flexibility index (Phi) is 8.00. The number of thioether (sulfide) groups is 1. The van der Waals surface area contributed by atoms with E-state index in [2.05, 4.69) is 9.66 Å². The fourth-order valence-corrected chi connectivity index (χ4v) is 4.69. The van der Waals surface area contributed by atoms with Crippen molar-refractivity contribution in [2.24, 2.45) is 16.6 Å². The number of nitrogens with zero attached hydrogens (tertiary/aromatic N) is 2. The third-order valence-electron chi connectivity index (χ3n) is 3.89. The fraction of sp³-hybridized carbons (Fsp3) is 0.529. The van der Waals surface area contributed by atoms with Gasteiger partial charge in [-0.05, 0) is 28.3 Å². The van der Waals surface area contributed by atoms with Gasteiger partial charge >= 0.3 is 0 Å². The molecule has 26 heavy (non-hydrogen) atoms. The van der Waals surface area contributed by atoms with Crippen LogP contribution in [0.25, 0.3) is 0 Å². The number of nitrogens with one attached hydrogen (secondary N) is 2. The van der Waals surface area contributed by atoms with Crippen molar-refractivity contribution in [3.05, 3.63) is 23.4 Å². The highest BCUT2D eigenvalue weighted by atomic mass is 32.2. The van der Waals surface area contributed by atoms with E-state index >= 15 is 0 Å². The maximum Gasteiger partial charge on any atom is 0.162 e. The zero-order valence-corrected chi connectivity index (χ0v) is 16.7. The highest BCUT2D eigenvalue weighted by Crippen LogP contribution is 2.30. The van der Waals surface area contributed by atoms with E-state index in [0.717, 1.165) is 39.3 Å². The summed E-state index contributed by atoms with van der Waals surface area (Å²) >= 11 is 1.93. The van der Waals surface area contributed by atoms with Gasteiger partial charge in [0.15, 0.2) is 5.83 Å². The number of rotatable bonds is 7. The van der Waals surface area contributed by atoms with E-state index in [9.17, 15) is 4.39 Å². The first kappa shape index (κ1) is 20.8. The molecule has 1 fully saturated rings. The first-order valence-corrected chi connectivity index (χ1v) is 10.5. The summed E-state index contributed by atoms with van der Waals surface area (Å²) in [5.41, 5.74) is 6.84. The number of nitrogens with two attached hydrogens (primary N) is 1. The van der Waals surface area contributed by atoms with E-state index in [-0.39, 0.29) is 29.7 Å². The fourth-order valence-electron chi connectivity index (χ4n) is 2.61. The first-order valence-electron chi connectivity index (χ1n) is 8.47. The average molecular weight is 397 g/mol. The highest BCUT2D eigenvalue weighted by molar-refractivity contribution is 7.99. The number of allylic oxidation sites excluding steroid dienone is 4. The van der Waals surface area contributed by atoms with Gasteiger partial charge in [0, 0.05) is 48.4 Å². The van der Waals surface area contributed by atoms with Gasteiger partial charge in [0.1, 0.15) is 12.1 Å². The third kappa shape index (κ3) is 5.76. The van der Waals surface area contributed by atoms with Crippen molar-refractivity contribution in [3.8, 4) is 0 Å². The number of ether oxygens (including phenoxy) is 1. The minimum atomic E-state index is -0.509. The lowest BCUT2D eigenvalue weighted by Gasteiger charge is -2.26. The van der Waals surface area contributed by atoms with Gasteiger partial charge in [-0.2, -0.15) is 11.8 Å². The van der Waals surface area contributed by atoms with E-state index in [0.29, 0.717) is 5.71 Å². The lowest BCUT2D eigenvalue weighted by atomic mass is 9.88. The molecule has 142 valence electrons. The van der Waals surface area contributed by atoms with Crippen LogP contribution in [0.2, 0.25) is 0 Å². The third-order valence-corrected chi connectivity index (χ3v) is 5.92. The molecular weight excluding hydrogens is 372 g/mol. The molecule has 0 bridgehead atoms. The molecule has 0 spiro atoms. The number of aliphatic imine (C=N–C) groups is 1. The molecule has 2 rings (SSSR count). The molecule has 0 amide bonds. The van der Waals surface area contributed by atoms with Crippen molar-refractivity contribution in [2.45, 2.75) is 26.4 Å². The van der Waals surface area contributed by atoms with Crippen molar-refractivity contribution in [2.75, 3.05) is 24.6 Å². The Balaban J connectivity index is 2.15. The van der Waals surface area contributed by atoms with Crippen LogP contribution in [0, 0.1) is 16.7 Å². The van der Waals surface area contributed by atoms with E-state index in [4.69, 9.17) is 21.3 Å². The van der Waals surface area contributed by atoms with Gasteiger partial charge in [0.05, 0.1) is 17.5 Å². The van der Waals surface area contributed by atoms with Crippen LogP contribution < -0.4 is 5.73 Å². The predicted molar refractivity (Wildman–Crippen MR) is 111 cm³/mol. The van der Waals surface area contributed by atoms with Crippen LogP contribution in [0.4, 0.5) is 4.39 Å². The molecule has 4 N–H and O–H groups in total. The average Bonchev–Trinajstić information content (AvgIpc) is 2.61. The Morgan fingerprint density at radius 2 is 2.19 bits per heavy atom. The predicted octanol–water partition coefficient (Wildman–Crippen LogP) is 3.24. The Labute approximate surface area is 159 Å². The second-order valence-electron chi connectivity index (χ2n) is 6.21. The Hall–Kier alpha value is -1.50. The number of hydrogen-bond acceptors (Lipinski definition) is 6. The van der Waals surface area contributed by atoms with Crippen LogP contribution >= 0.6 is 20.1 Å². The zero-order chi connectivity index (χ0) is 19.1. The first-order chi connectivity index (χ1) is 12.4. The van der Waals surface area contributed by atoms with Gasteiger partial charge in [0.2, 0.25) is 0 Å². The zero-order valence-electron chi connectivity index (χ0n) is 15.0. The van der Waals surface area contributed by atoms with E-state index in [1.165, 1.54) is 6.08 Å². The smallest absolute Gasteiger partial charge is 0.162 e.